The van der Waals surface area contributed by atoms with Gasteiger partial charge in [-0.05, 0) is 0 Å². The summed E-state index contributed by atoms with van der Waals surface area (Å²) < 4.78 is 2.93. The molecular formula is C72H70BN3Se. The molecule has 0 N–H and O–H groups in total. The van der Waals surface area contributed by atoms with Gasteiger partial charge in [0.15, 0.2) is 0 Å². The van der Waals surface area contributed by atoms with E-state index in [0.29, 0.717) is 0 Å². The van der Waals surface area contributed by atoms with Gasteiger partial charge in [0.05, 0.1) is 0 Å². The third-order valence-corrected chi connectivity index (χ3v) is 18.7. The van der Waals surface area contributed by atoms with E-state index in [1.807, 2.05) is 0 Å². The Hall–Kier alpha value is -7.30. The van der Waals surface area contributed by atoms with Crippen molar-refractivity contribution in [3.8, 4) is 22.3 Å². The Morgan fingerprint density at radius 2 is 0.792 bits per heavy atom. The minimum absolute atomic E-state index is 0.000419. The van der Waals surface area contributed by atoms with Gasteiger partial charge < -0.3 is 0 Å². The van der Waals surface area contributed by atoms with Gasteiger partial charge >= 0.3 is 426 Å². The van der Waals surface area contributed by atoms with Crippen LogP contribution < -0.4 is 30.0 Å². The zero-order valence-corrected chi connectivity index (χ0v) is 48.7. The van der Waals surface area contributed by atoms with Crippen molar-refractivity contribution in [3.05, 3.63) is 229 Å². The zero-order valence-electron chi connectivity index (χ0n) is 47.0. The Kier molecular flexibility index (Phi) is 12.3. The van der Waals surface area contributed by atoms with Crippen LogP contribution >= 0.6 is 0 Å². The molecule has 9 aromatic carbocycles. The number of anilines is 9. The number of benzene rings is 9. The van der Waals surface area contributed by atoms with E-state index in [1.54, 1.807) is 0 Å². The van der Waals surface area contributed by atoms with Crippen molar-refractivity contribution >= 4 is 97.3 Å². The van der Waals surface area contributed by atoms with Gasteiger partial charge in [-0.3, -0.25) is 0 Å². The molecule has 77 heavy (non-hydrogen) atoms. The summed E-state index contributed by atoms with van der Waals surface area (Å²) in [6.07, 6.45) is 0. The molecule has 3 nitrogen and oxygen atoms in total. The van der Waals surface area contributed by atoms with Crippen molar-refractivity contribution in [2.45, 2.75) is 105 Å². The normalized spacial score (nSPS) is 13.4. The van der Waals surface area contributed by atoms with Crippen molar-refractivity contribution in [1.82, 2.24) is 0 Å². The van der Waals surface area contributed by atoms with Crippen LogP contribution in [0.3, 0.4) is 0 Å². The van der Waals surface area contributed by atoms with E-state index < -0.39 is 0 Å². The van der Waals surface area contributed by atoms with E-state index >= 15 is 0 Å². The molecule has 0 amide bonds. The molecular weight excluding hydrogens is 997 g/mol. The minimum atomic E-state index is 0.000419. The van der Waals surface area contributed by atoms with Gasteiger partial charge in [-0.15, -0.1) is 0 Å². The summed E-state index contributed by atoms with van der Waals surface area (Å²) in [5.41, 5.74) is 23.6. The van der Waals surface area contributed by atoms with E-state index in [4.69, 9.17) is 0 Å². The molecule has 0 atom stereocenters. The molecule has 5 heteroatoms. The molecule has 10 aromatic rings. The first-order valence-electron chi connectivity index (χ1n) is 27.5. The van der Waals surface area contributed by atoms with Crippen molar-refractivity contribution in [1.29, 1.82) is 0 Å². The second kappa shape index (κ2) is 18.7. The van der Waals surface area contributed by atoms with Crippen LogP contribution in [-0.2, 0) is 21.7 Å². The third-order valence-electron chi connectivity index (χ3n) is 16.1. The predicted molar refractivity (Wildman–Crippen MR) is 335 cm³/mol. The quantitative estimate of drug-likeness (QED) is 0.147. The zero-order chi connectivity index (χ0) is 53.8. The van der Waals surface area contributed by atoms with E-state index in [1.165, 1.54) is 97.9 Å². The summed E-state index contributed by atoms with van der Waals surface area (Å²) in [5.74, 6) is 0. The van der Waals surface area contributed by atoms with Crippen molar-refractivity contribution in [3.63, 3.8) is 0 Å². The molecule has 0 radical (unpaired) electrons. The maximum absolute atomic E-state index is 2.65. The summed E-state index contributed by atoms with van der Waals surface area (Å²) in [6, 6.07) is 79.0. The Morgan fingerprint density at radius 1 is 0.364 bits per heavy atom. The average Bonchev–Trinajstić information content (AvgIpc) is 3.98. The van der Waals surface area contributed by atoms with Gasteiger partial charge in [-0.25, -0.2) is 0 Å². The fourth-order valence-electron chi connectivity index (χ4n) is 11.6. The van der Waals surface area contributed by atoms with Crippen LogP contribution in [0.25, 0.3) is 31.9 Å². The van der Waals surface area contributed by atoms with Gasteiger partial charge in [0.25, 0.3) is 0 Å². The Bertz CT molecular complexity index is 3750. The topological polar surface area (TPSA) is 9.72 Å². The van der Waals surface area contributed by atoms with E-state index in [-0.39, 0.29) is 42.9 Å². The first kappa shape index (κ1) is 50.5. The fourth-order valence-corrected chi connectivity index (χ4v) is 14.4. The number of rotatable bonds is 7. The van der Waals surface area contributed by atoms with Gasteiger partial charge in [-0.1, -0.05) is 41.5 Å². The SMILES string of the molecule is CC(C)(C)c1ccc(N(c2ccc(C(C)(C)C)cc2)c2ccc3c(c2)N(c2ccc(C(C)(C)C)cc2)c2cc(-c4ccccc4)cc4c2B3c2[se]c3ccc(-c5ccccc5)cc3c2N4c2ccc(C(C)(C)C)cc2)cc1. The Labute approximate surface area is 464 Å². The molecule has 0 bridgehead atoms. The Morgan fingerprint density at radius 3 is 1.27 bits per heavy atom. The Balaban J connectivity index is 1.17. The van der Waals surface area contributed by atoms with E-state index in [9.17, 15) is 0 Å². The van der Waals surface area contributed by atoms with Gasteiger partial charge in [0, 0.05) is 0 Å². The molecule has 1 aromatic heterocycles. The number of hydrogen-bond acceptors (Lipinski definition) is 3. The van der Waals surface area contributed by atoms with Crippen molar-refractivity contribution in [2.75, 3.05) is 14.7 Å². The fraction of sp³-hybridized carbons (Fsp3) is 0.222. The number of fused-ring (bicyclic) bond motifs is 6. The van der Waals surface area contributed by atoms with Gasteiger partial charge in [-0.2, -0.15) is 0 Å². The first-order chi connectivity index (χ1) is 36.7. The van der Waals surface area contributed by atoms with Crippen LogP contribution in [-0.4, -0.2) is 21.2 Å². The standard InChI is InChI=1S/C72H70BN3Se/c1-69(2,3)51-24-32-55(33-25-51)74(56-34-26-52(27-35-56)70(4,5)6)59-40-41-61-62(46-59)75(57-36-28-53(29-37-57)71(7,8)9)63-44-50(48-21-17-14-18-22-48)45-64-66(63)73(61)68-67(76(64)58-38-30-54(31-39-58)72(10,11)12)60-43-49(23-42-65(60)77-68)47-19-15-13-16-20-47/h13-46H,1-12H3. The number of hydrogen-bond donors (Lipinski definition) is 0. The summed E-state index contributed by atoms with van der Waals surface area (Å²) in [6.45, 7) is 27.6. The number of nitrogens with zero attached hydrogens (tertiary/aromatic N) is 3. The molecule has 0 fully saturated rings. The predicted octanol–water partition coefficient (Wildman–Crippen LogP) is 18.0. The van der Waals surface area contributed by atoms with Crippen LogP contribution in [0.4, 0.5) is 51.2 Å². The van der Waals surface area contributed by atoms with Crippen molar-refractivity contribution < 1.29 is 0 Å². The van der Waals surface area contributed by atoms with Crippen LogP contribution in [0.1, 0.15) is 105 Å². The molecule has 12 rings (SSSR count). The van der Waals surface area contributed by atoms with Crippen LogP contribution in [0.2, 0.25) is 0 Å². The van der Waals surface area contributed by atoms with Gasteiger partial charge in [0.1, 0.15) is 0 Å². The van der Waals surface area contributed by atoms with E-state index in [0.717, 1.165) is 22.7 Å². The van der Waals surface area contributed by atoms with Crippen molar-refractivity contribution in [2.24, 2.45) is 0 Å². The molecule has 2 aliphatic rings. The molecule has 2 aliphatic heterocycles. The molecule has 0 spiro atoms. The molecule has 382 valence electrons. The molecule has 0 unspecified atom stereocenters. The summed E-state index contributed by atoms with van der Waals surface area (Å²) >= 11 is 0.0311. The molecule has 0 saturated carbocycles. The van der Waals surface area contributed by atoms with Crippen LogP contribution in [0, 0.1) is 0 Å². The van der Waals surface area contributed by atoms with E-state index in [2.05, 4.69) is 304 Å². The average molecular weight is 1070 g/mol. The summed E-state index contributed by atoms with van der Waals surface area (Å²) in [7, 11) is 0. The molecule has 0 saturated heterocycles. The third kappa shape index (κ3) is 9.16. The van der Waals surface area contributed by atoms with Crippen LogP contribution in [0.5, 0.6) is 0 Å². The summed E-state index contributed by atoms with van der Waals surface area (Å²) in [4.78, 5) is 7.72. The second-order valence-electron chi connectivity index (χ2n) is 25.6. The van der Waals surface area contributed by atoms with Gasteiger partial charge in [0.2, 0.25) is 0 Å². The monoisotopic (exact) mass is 1070 g/mol. The van der Waals surface area contributed by atoms with Crippen LogP contribution in [0.15, 0.2) is 206 Å². The first-order valence-corrected chi connectivity index (χ1v) is 29.2. The summed E-state index contributed by atoms with van der Waals surface area (Å²) in [5, 5.41) is 1.33. The molecule has 0 aliphatic carbocycles. The maximum atomic E-state index is 2.65. The molecule has 3 heterocycles. The second-order valence-corrected chi connectivity index (χ2v) is 27.8.